The molecule has 1 rings (SSSR count). The van der Waals surface area contributed by atoms with E-state index in [0.717, 1.165) is 5.56 Å². The SMILES string of the molecule is CSCC[C@@H](NC(=O)Nc1cccc(C(C)C)c1)C(=O)O. The predicted molar refractivity (Wildman–Crippen MR) is 87.1 cm³/mol. The summed E-state index contributed by atoms with van der Waals surface area (Å²) < 4.78 is 0. The summed E-state index contributed by atoms with van der Waals surface area (Å²) in [6, 6.07) is 6.17. The molecule has 0 bridgehead atoms. The highest BCUT2D eigenvalue weighted by Gasteiger charge is 2.19. The Labute approximate surface area is 129 Å². The van der Waals surface area contributed by atoms with Gasteiger partial charge in [0.1, 0.15) is 6.04 Å². The number of carbonyl (C=O) groups excluding carboxylic acids is 1. The number of carboxylic acids is 1. The highest BCUT2D eigenvalue weighted by atomic mass is 32.2. The molecule has 3 N–H and O–H groups in total. The number of amides is 2. The quantitative estimate of drug-likeness (QED) is 0.723. The molecule has 0 saturated carbocycles. The molecule has 0 saturated heterocycles. The fourth-order valence-corrected chi connectivity index (χ4v) is 2.27. The second-order valence-electron chi connectivity index (χ2n) is 5.05. The summed E-state index contributed by atoms with van der Waals surface area (Å²) in [7, 11) is 0. The van der Waals surface area contributed by atoms with E-state index >= 15 is 0 Å². The van der Waals surface area contributed by atoms with Gasteiger partial charge < -0.3 is 15.7 Å². The summed E-state index contributed by atoms with van der Waals surface area (Å²) in [6.45, 7) is 4.14. The third kappa shape index (κ3) is 6.08. The van der Waals surface area contributed by atoms with E-state index in [1.54, 1.807) is 17.8 Å². The molecule has 116 valence electrons. The van der Waals surface area contributed by atoms with Gasteiger partial charge >= 0.3 is 12.0 Å². The Hall–Kier alpha value is -1.69. The molecule has 0 radical (unpaired) electrons. The van der Waals surface area contributed by atoms with Crippen molar-refractivity contribution in [1.29, 1.82) is 0 Å². The van der Waals surface area contributed by atoms with Crippen LogP contribution in [0.5, 0.6) is 0 Å². The number of thioether (sulfide) groups is 1. The third-order valence-electron chi connectivity index (χ3n) is 3.03. The normalized spacial score (nSPS) is 12.0. The Morgan fingerprint density at radius 3 is 2.62 bits per heavy atom. The summed E-state index contributed by atoms with van der Waals surface area (Å²) in [5, 5.41) is 14.2. The van der Waals surface area contributed by atoms with E-state index in [0.29, 0.717) is 23.8 Å². The highest BCUT2D eigenvalue weighted by molar-refractivity contribution is 7.98. The lowest BCUT2D eigenvalue weighted by atomic mass is 10.0. The number of carboxylic acid groups (broad SMARTS) is 1. The highest BCUT2D eigenvalue weighted by Crippen LogP contribution is 2.18. The van der Waals surface area contributed by atoms with Crippen LogP contribution in [-0.4, -0.2) is 35.2 Å². The molecule has 0 spiro atoms. The van der Waals surface area contributed by atoms with Crippen LogP contribution < -0.4 is 10.6 Å². The van der Waals surface area contributed by atoms with Crippen molar-refractivity contribution in [3.8, 4) is 0 Å². The second-order valence-corrected chi connectivity index (χ2v) is 6.04. The Balaban J connectivity index is 2.63. The number of urea groups is 1. The fraction of sp³-hybridized carbons (Fsp3) is 0.467. The Morgan fingerprint density at radius 2 is 2.05 bits per heavy atom. The van der Waals surface area contributed by atoms with E-state index in [1.165, 1.54) is 0 Å². The number of aliphatic carboxylic acids is 1. The minimum atomic E-state index is -1.02. The zero-order valence-electron chi connectivity index (χ0n) is 12.6. The number of carbonyl (C=O) groups is 2. The van der Waals surface area contributed by atoms with E-state index in [1.807, 2.05) is 24.5 Å². The first kappa shape index (κ1) is 17.4. The first-order valence-corrected chi connectivity index (χ1v) is 8.22. The smallest absolute Gasteiger partial charge is 0.326 e. The zero-order chi connectivity index (χ0) is 15.8. The topological polar surface area (TPSA) is 78.4 Å². The molecular weight excluding hydrogens is 288 g/mol. The van der Waals surface area contributed by atoms with Gasteiger partial charge in [0.05, 0.1) is 0 Å². The summed E-state index contributed by atoms with van der Waals surface area (Å²) in [5.41, 5.74) is 1.78. The number of anilines is 1. The minimum Gasteiger partial charge on any atom is -0.480 e. The van der Waals surface area contributed by atoms with Crippen LogP contribution in [0.1, 0.15) is 31.7 Å². The molecule has 0 aromatic heterocycles. The Morgan fingerprint density at radius 1 is 1.33 bits per heavy atom. The number of benzene rings is 1. The van der Waals surface area contributed by atoms with Gasteiger partial charge in [0.15, 0.2) is 0 Å². The van der Waals surface area contributed by atoms with Crippen molar-refractivity contribution >= 4 is 29.4 Å². The van der Waals surface area contributed by atoms with Crippen molar-refractivity contribution in [2.24, 2.45) is 0 Å². The van der Waals surface area contributed by atoms with Crippen LogP contribution >= 0.6 is 11.8 Å². The second kappa shape index (κ2) is 8.56. The molecule has 2 amide bonds. The molecule has 0 fully saturated rings. The van der Waals surface area contributed by atoms with E-state index in [4.69, 9.17) is 5.11 Å². The van der Waals surface area contributed by atoms with Crippen LogP contribution in [-0.2, 0) is 4.79 Å². The molecule has 0 aliphatic heterocycles. The number of rotatable bonds is 7. The van der Waals surface area contributed by atoms with Crippen molar-refractivity contribution in [1.82, 2.24) is 5.32 Å². The molecule has 5 nitrogen and oxygen atoms in total. The minimum absolute atomic E-state index is 0.364. The van der Waals surface area contributed by atoms with Crippen molar-refractivity contribution in [2.45, 2.75) is 32.2 Å². The Bertz CT molecular complexity index is 492. The molecule has 0 heterocycles. The molecule has 6 heteroatoms. The van der Waals surface area contributed by atoms with E-state index < -0.39 is 18.0 Å². The number of hydrogen-bond acceptors (Lipinski definition) is 3. The lowest BCUT2D eigenvalue weighted by Crippen LogP contribution is -2.43. The molecule has 1 aromatic rings. The predicted octanol–water partition coefficient (Wildman–Crippen LogP) is 3.14. The van der Waals surface area contributed by atoms with E-state index in [2.05, 4.69) is 24.5 Å². The van der Waals surface area contributed by atoms with Gasteiger partial charge in [-0.05, 0) is 42.0 Å². The van der Waals surface area contributed by atoms with Crippen LogP contribution in [0.4, 0.5) is 10.5 Å². The van der Waals surface area contributed by atoms with Gasteiger partial charge in [0, 0.05) is 5.69 Å². The summed E-state index contributed by atoms with van der Waals surface area (Å²) >= 11 is 1.55. The molecule has 1 atom stereocenters. The average Bonchev–Trinajstić information content (AvgIpc) is 2.43. The fourth-order valence-electron chi connectivity index (χ4n) is 1.79. The monoisotopic (exact) mass is 310 g/mol. The largest absolute Gasteiger partial charge is 0.480 e. The van der Waals surface area contributed by atoms with Crippen LogP contribution in [0.2, 0.25) is 0 Å². The van der Waals surface area contributed by atoms with Crippen LogP contribution in [0.3, 0.4) is 0 Å². The van der Waals surface area contributed by atoms with Crippen LogP contribution in [0.25, 0.3) is 0 Å². The van der Waals surface area contributed by atoms with E-state index in [-0.39, 0.29) is 0 Å². The maximum absolute atomic E-state index is 11.9. The molecule has 0 unspecified atom stereocenters. The van der Waals surface area contributed by atoms with Gasteiger partial charge in [-0.1, -0.05) is 26.0 Å². The standard InChI is InChI=1S/C15H22N2O3S/c1-10(2)11-5-4-6-12(9-11)16-15(20)17-13(14(18)19)7-8-21-3/h4-6,9-10,13H,7-8H2,1-3H3,(H,18,19)(H2,16,17,20)/t13-/m1/s1. The average molecular weight is 310 g/mol. The van der Waals surface area contributed by atoms with Gasteiger partial charge in [-0.2, -0.15) is 11.8 Å². The first-order chi connectivity index (χ1) is 9.93. The maximum atomic E-state index is 11.9. The first-order valence-electron chi connectivity index (χ1n) is 6.83. The number of nitrogens with one attached hydrogen (secondary N) is 2. The van der Waals surface area contributed by atoms with Crippen molar-refractivity contribution in [2.75, 3.05) is 17.3 Å². The molecule has 0 aliphatic carbocycles. The van der Waals surface area contributed by atoms with Crippen molar-refractivity contribution in [3.63, 3.8) is 0 Å². The molecule has 0 aliphatic rings. The molecular formula is C15H22N2O3S. The van der Waals surface area contributed by atoms with Crippen molar-refractivity contribution in [3.05, 3.63) is 29.8 Å². The number of hydrogen-bond donors (Lipinski definition) is 3. The Kier molecular flexibility index (Phi) is 7.08. The van der Waals surface area contributed by atoms with E-state index in [9.17, 15) is 9.59 Å². The van der Waals surface area contributed by atoms with Gasteiger partial charge in [0.2, 0.25) is 0 Å². The van der Waals surface area contributed by atoms with Gasteiger partial charge in [-0.15, -0.1) is 0 Å². The molecule has 1 aromatic carbocycles. The summed E-state index contributed by atoms with van der Waals surface area (Å²) in [6.07, 6.45) is 2.30. The van der Waals surface area contributed by atoms with Gasteiger partial charge in [0.25, 0.3) is 0 Å². The van der Waals surface area contributed by atoms with Crippen LogP contribution in [0, 0.1) is 0 Å². The zero-order valence-corrected chi connectivity index (χ0v) is 13.4. The van der Waals surface area contributed by atoms with Gasteiger partial charge in [-0.25, -0.2) is 9.59 Å². The lowest BCUT2D eigenvalue weighted by molar-refractivity contribution is -0.139. The van der Waals surface area contributed by atoms with Crippen LogP contribution in [0.15, 0.2) is 24.3 Å². The summed E-state index contributed by atoms with van der Waals surface area (Å²) in [4.78, 5) is 23.0. The maximum Gasteiger partial charge on any atom is 0.326 e. The van der Waals surface area contributed by atoms with Gasteiger partial charge in [-0.3, -0.25) is 0 Å². The van der Waals surface area contributed by atoms with Crippen molar-refractivity contribution < 1.29 is 14.7 Å². The summed E-state index contributed by atoms with van der Waals surface area (Å²) in [5.74, 6) is 0.0263. The molecule has 21 heavy (non-hydrogen) atoms. The lowest BCUT2D eigenvalue weighted by Gasteiger charge is -2.15. The third-order valence-corrected chi connectivity index (χ3v) is 3.67.